The molecule has 0 saturated carbocycles. The normalized spacial score (nSPS) is 14.0. The molecule has 7 nitrogen and oxygen atoms in total. The number of hydrogen-bond acceptors (Lipinski definition) is 7. The van der Waals surface area contributed by atoms with Gasteiger partial charge in [0.2, 0.25) is 0 Å². The number of nitrogens with zero attached hydrogens (tertiary/aromatic N) is 6. The molecule has 0 spiro atoms. The number of hydrogen-bond donors (Lipinski definition) is 0. The van der Waals surface area contributed by atoms with Gasteiger partial charge in [0, 0.05) is 69.8 Å². The number of aromatic nitrogens is 4. The highest BCUT2D eigenvalue weighted by atomic mass is 16.1. The van der Waals surface area contributed by atoms with Crippen molar-refractivity contribution in [3.8, 4) is 11.1 Å². The summed E-state index contributed by atoms with van der Waals surface area (Å²) in [5.41, 5.74) is 7.00. The molecule has 6 rings (SSSR count). The first-order valence-electron chi connectivity index (χ1n) is 13.3. The van der Waals surface area contributed by atoms with Crippen LogP contribution in [0, 0.1) is 0 Å². The molecule has 2 aromatic carbocycles. The molecule has 0 atom stereocenters. The highest BCUT2D eigenvalue weighted by Gasteiger charge is 2.19. The number of pyridine rings is 2. The van der Waals surface area contributed by atoms with Crippen LogP contribution in [0.1, 0.15) is 16.8 Å². The van der Waals surface area contributed by atoms with Crippen LogP contribution < -0.4 is 4.90 Å². The molecule has 0 radical (unpaired) electrons. The van der Waals surface area contributed by atoms with Crippen molar-refractivity contribution < 1.29 is 4.79 Å². The van der Waals surface area contributed by atoms with E-state index in [9.17, 15) is 4.79 Å². The third-order valence-corrected chi connectivity index (χ3v) is 7.15. The first kappa shape index (κ1) is 24.8. The molecule has 3 aromatic heterocycles. The molecule has 0 N–H and O–H groups in total. The summed E-state index contributed by atoms with van der Waals surface area (Å²) in [5, 5.41) is 0. The van der Waals surface area contributed by atoms with Crippen molar-refractivity contribution >= 4 is 22.6 Å². The fourth-order valence-electron chi connectivity index (χ4n) is 5.03. The van der Waals surface area contributed by atoms with Crippen molar-refractivity contribution in [3.63, 3.8) is 0 Å². The summed E-state index contributed by atoms with van der Waals surface area (Å²) in [6.07, 6.45) is 8.12. The minimum atomic E-state index is 0.160. The standard InChI is InChI=1S/C32H30N6O/c39-29(20-28-5-1-2-13-34-28)18-24-6-8-26(9-7-24)27-10-11-30-31(19-27)36-32(22-35-30)38-16-14-37(15-17-38)23-25-4-3-12-33-21-25/h1-13,19,21-22H,14-18,20,23H2. The maximum absolute atomic E-state index is 12.5. The second-order valence-electron chi connectivity index (χ2n) is 9.97. The molecule has 5 aromatic rings. The number of carbonyl (C=O) groups is 1. The van der Waals surface area contributed by atoms with E-state index in [2.05, 4.69) is 50.1 Å². The van der Waals surface area contributed by atoms with E-state index >= 15 is 0 Å². The molecule has 1 aliphatic heterocycles. The maximum Gasteiger partial charge on any atom is 0.147 e. The summed E-state index contributed by atoms with van der Waals surface area (Å²) >= 11 is 0. The SMILES string of the molecule is O=C(Cc1ccc(-c2ccc3ncc(N4CCN(Cc5cccnc5)CC4)nc3c2)cc1)Cc1ccccn1. The number of benzene rings is 2. The van der Waals surface area contributed by atoms with E-state index in [1.54, 1.807) is 6.20 Å². The van der Waals surface area contributed by atoms with Gasteiger partial charge < -0.3 is 4.90 Å². The molecule has 0 aliphatic carbocycles. The van der Waals surface area contributed by atoms with Gasteiger partial charge in [-0.15, -0.1) is 0 Å². The minimum Gasteiger partial charge on any atom is -0.353 e. The zero-order valence-electron chi connectivity index (χ0n) is 21.8. The number of ketones is 1. The number of rotatable bonds is 8. The van der Waals surface area contributed by atoms with Crippen molar-refractivity contribution in [1.82, 2.24) is 24.8 Å². The fraction of sp³-hybridized carbons (Fsp3) is 0.219. The van der Waals surface area contributed by atoms with Crippen LogP contribution in [-0.4, -0.2) is 56.8 Å². The zero-order valence-corrected chi connectivity index (χ0v) is 21.8. The summed E-state index contributed by atoms with van der Waals surface area (Å²) in [4.78, 5) is 35.4. The number of anilines is 1. The van der Waals surface area contributed by atoms with Crippen LogP contribution in [0.5, 0.6) is 0 Å². The van der Waals surface area contributed by atoms with Gasteiger partial charge in [0.25, 0.3) is 0 Å². The van der Waals surface area contributed by atoms with Gasteiger partial charge in [-0.1, -0.05) is 42.5 Å². The molecule has 39 heavy (non-hydrogen) atoms. The van der Waals surface area contributed by atoms with Gasteiger partial charge in [0.05, 0.1) is 17.2 Å². The minimum absolute atomic E-state index is 0.160. The van der Waals surface area contributed by atoms with E-state index < -0.39 is 0 Å². The second-order valence-corrected chi connectivity index (χ2v) is 9.97. The van der Waals surface area contributed by atoms with Gasteiger partial charge in [0.1, 0.15) is 11.6 Å². The van der Waals surface area contributed by atoms with Crippen molar-refractivity contribution in [2.24, 2.45) is 0 Å². The summed E-state index contributed by atoms with van der Waals surface area (Å²) in [7, 11) is 0. The smallest absolute Gasteiger partial charge is 0.147 e. The van der Waals surface area contributed by atoms with E-state index in [0.29, 0.717) is 12.8 Å². The summed E-state index contributed by atoms with van der Waals surface area (Å²) in [6, 6.07) is 24.2. The van der Waals surface area contributed by atoms with E-state index in [1.807, 2.05) is 61.1 Å². The van der Waals surface area contributed by atoms with Crippen molar-refractivity contribution in [3.05, 3.63) is 114 Å². The molecule has 1 aliphatic rings. The lowest BCUT2D eigenvalue weighted by atomic mass is 10.0. The Labute approximate surface area is 228 Å². The maximum atomic E-state index is 12.5. The van der Waals surface area contributed by atoms with Crippen LogP contribution in [0.2, 0.25) is 0 Å². The van der Waals surface area contributed by atoms with Crippen molar-refractivity contribution in [2.45, 2.75) is 19.4 Å². The van der Waals surface area contributed by atoms with Crippen LogP contribution in [0.25, 0.3) is 22.2 Å². The van der Waals surface area contributed by atoms with Gasteiger partial charge in [-0.3, -0.25) is 24.6 Å². The highest BCUT2D eigenvalue weighted by Crippen LogP contribution is 2.25. The summed E-state index contributed by atoms with van der Waals surface area (Å²) in [6.45, 7) is 4.71. The largest absolute Gasteiger partial charge is 0.353 e. The van der Waals surface area contributed by atoms with Crippen LogP contribution in [0.4, 0.5) is 5.82 Å². The van der Waals surface area contributed by atoms with Crippen molar-refractivity contribution in [2.75, 3.05) is 31.1 Å². The number of carbonyl (C=O) groups excluding carboxylic acids is 1. The summed E-state index contributed by atoms with van der Waals surface area (Å²) < 4.78 is 0. The average molecular weight is 515 g/mol. The van der Waals surface area contributed by atoms with Gasteiger partial charge in [-0.2, -0.15) is 0 Å². The third kappa shape index (κ3) is 6.16. The third-order valence-electron chi connectivity index (χ3n) is 7.15. The highest BCUT2D eigenvalue weighted by molar-refractivity contribution is 5.84. The molecular weight excluding hydrogens is 484 g/mol. The Morgan fingerprint density at radius 3 is 2.33 bits per heavy atom. The second kappa shape index (κ2) is 11.5. The molecule has 7 heteroatoms. The molecular formula is C32H30N6O. The van der Waals surface area contributed by atoms with E-state index in [-0.39, 0.29) is 5.78 Å². The fourth-order valence-corrected chi connectivity index (χ4v) is 5.03. The first-order chi connectivity index (χ1) is 19.2. The lowest BCUT2D eigenvalue weighted by Gasteiger charge is -2.35. The monoisotopic (exact) mass is 514 g/mol. The van der Waals surface area contributed by atoms with Crippen LogP contribution in [0.3, 0.4) is 0 Å². The Balaban J connectivity index is 1.11. The Morgan fingerprint density at radius 2 is 1.56 bits per heavy atom. The van der Waals surface area contributed by atoms with Crippen molar-refractivity contribution in [1.29, 1.82) is 0 Å². The zero-order chi connectivity index (χ0) is 26.4. The van der Waals surface area contributed by atoms with Gasteiger partial charge >= 0.3 is 0 Å². The predicted octanol–water partition coefficient (Wildman–Crippen LogP) is 4.76. The van der Waals surface area contributed by atoms with Gasteiger partial charge in [-0.25, -0.2) is 4.98 Å². The van der Waals surface area contributed by atoms with Crippen LogP contribution in [0.15, 0.2) is 97.6 Å². The van der Waals surface area contributed by atoms with E-state index in [0.717, 1.165) is 72.0 Å². The Morgan fingerprint density at radius 1 is 0.718 bits per heavy atom. The molecule has 194 valence electrons. The molecule has 1 saturated heterocycles. The Bertz CT molecular complexity index is 1550. The predicted molar refractivity (Wildman–Crippen MR) is 153 cm³/mol. The van der Waals surface area contributed by atoms with Crippen LogP contribution in [-0.2, 0) is 24.2 Å². The molecule has 0 bridgehead atoms. The lowest BCUT2D eigenvalue weighted by molar-refractivity contribution is -0.117. The quantitative estimate of drug-likeness (QED) is 0.295. The van der Waals surface area contributed by atoms with Crippen LogP contribution >= 0.6 is 0 Å². The number of Topliss-reactive ketones (excluding diaryl/α,β-unsaturated/α-hetero) is 1. The lowest BCUT2D eigenvalue weighted by Crippen LogP contribution is -2.46. The molecule has 0 amide bonds. The van der Waals surface area contributed by atoms with Gasteiger partial charge in [-0.05, 0) is 52.6 Å². The Kier molecular flexibility index (Phi) is 7.32. The first-order valence-corrected chi connectivity index (χ1v) is 13.3. The average Bonchev–Trinajstić information content (AvgIpc) is 2.98. The molecule has 1 fully saturated rings. The van der Waals surface area contributed by atoms with E-state index in [1.165, 1.54) is 5.56 Å². The number of fused-ring (bicyclic) bond motifs is 1. The Hall–Kier alpha value is -4.49. The topological polar surface area (TPSA) is 75.1 Å². The van der Waals surface area contributed by atoms with Gasteiger partial charge in [0.15, 0.2) is 0 Å². The van der Waals surface area contributed by atoms with E-state index in [4.69, 9.17) is 9.97 Å². The summed E-state index contributed by atoms with van der Waals surface area (Å²) in [5.74, 6) is 1.08. The molecule has 0 unspecified atom stereocenters. The molecule has 4 heterocycles. The number of piperazine rings is 1.